The number of amides is 1. The van der Waals surface area contributed by atoms with Gasteiger partial charge in [0, 0.05) is 25.7 Å². The van der Waals surface area contributed by atoms with Gasteiger partial charge in [0.15, 0.2) is 5.82 Å². The van der Waals surface area contributed by atoms with Crippen molar-refractivity contribution in [1.82, 2.24) is 19.7 Å². The zero-order chi connectivity index (χ0) is 18.8. The highest BCUT2D eigenvalue weighted by Crippen LogP contribution is 2.31. The molecule has 1 saturated heterocycles. The lowest BCUT2D eigenvalue weighted by atomic mass is 9.98. The molecule has 3 heterocycles. The molecule has 1 fully saturated rings. The van der Waals surface area contributed by atoms with Gasteiger partial charge in [0.1, 0.15) is 5.82 Å². The number of nitrogens with two attached hydrogens (primary N) is 1. The summed E-state index contributed by atoms with van der Waals surface area (Å²) in [6, 6.07) is 9.52. The second kappa shape index (κ2) is 7.78. The number of carbonyl (C=O) groups excluding carboxylic acids is 1. The van der Waals surface area contributed by atoms with Crippen molar-refractivity contribution in [1.29, 1.82) is 0 Å². The van der Waals surface area contributed by atoms with Gasteiger partial charge in [-0.1, -0.05) is 30.3 Å². The van der Waals surface area contributed by atoms with E-state index in [4.69, 9.17) is 10.5 Å². The van der Waals surface area contributed by atoms with E-state index in [0.717, 1.165) is 43.3 Å². The molecule has 0 spiro atoms. The quantitative estimate of drug-likeness (QED) is 0.885. The molecule has 2 N–H and O–H groups in total. The van der Waals surface area contributed by atoms with E-state index >= 15 is 0 Å². The number of nitrogens with zero attached hydrogens (tertiary/aromatic N) is 4. The molecule has 0 unspecified atom stereocenters. The maximum atomic E-state index is 12.9. The average Bonchev–Trinajstić information content (AvgIpc) is 3.13. The molecular formula is C20H27N5O2. The minimum absolute atomic E-state index is 0.0208. The van der Waals surface area contributed by atoms with E-state index in [1.54, 1.807) is 0 Å². The Balaban J connectivity index is 1.47. The predicted octanol–water partition coefficient (Wildman–Crippen LogP) is 1.65. The molecule has 2 aliphatic rings. The number of rotatable bonds is 4. The Labute approximate surface area is 159 Å². The Morgan fingerprint density at radius 3 is 2.74 bits per heavy atom. The molecule has 0 saturated carbocycles. The van der Waals surface area contributed by atoms with Crippen LogP contribution in [-0.2, 0) is 22.5 Å². The normalized spacial score (nSPS) is 21.7. The van der Waals surface area contributed by atoms with Crippen LogP contribution in [0.25, 0.3) is 0 Å². The monoisotopic (exact) mass is 369 g/mol. The van der Waals surface area contributed by atoms with E-state index in [1.165, 1.54) is 0 Å². The number of aromatic nitrogens is 3. The third kappa shape index (κ3) is 3.75. The molecule has 144 valence electrons. The molecule has 4 rings (SSSR count). The highest BCUT2D eigenvalue weighted by atomic mass is 16.5. The number of carbonyl (C=O) groups is 1. The molecule has 0 radical (unpaired) electrons. The summed E-state index contributed by atoms with van der Waals surface area (Å²) >= 11 is 0. The Morgan fingerprint density at radius 2 is 2.00 bits per heavy atom. The number of hydrogen-bond acceptors (Lipinski definition) is 5. The van der Waals surface area contributed by atoms with Crippen LogP contribution >= 0.6 is 0 Å². The zero-order valence-electron chi connectivity index (χ0n) is 15.8. The molecule has 2 aromatic rings. The Morgan fingerprint density at radius 1 is 1.26 bits per heavy atom. The van der Waals surface area contributed by atoms with E-state index in [9.17, 15) is 4.79 Å². The van der Waals surface area contributed by atoms with Gasteiger partial charge in [0.2, 0.25) is 5.91 Å². The Bertz CT molecular complexity index is 785. The van der Waals surface area contributed by atoms with Gasteiger partial charge in [-0.15, -0.1) is 10.2 Å². The van der Waals surface area contributed by atoms with E-state index in [2.05, 4.69) is 21.7 Å². The van der Waals surface area contributed by atoms with Gasteiger partial charge in [0.05, 0.1) is 18.6 Å². The third-order valence-corrected chi connectivity index (χ3v) is 5.56. The van der Waals surface area contributed by atoms with Crippen LogP contribution in [0.3, 0.4) is 0 Å². The molecule has 2 atom stereocenters. The first-order valence-corrected chi connectivity index (χ1v) is 9.73. The second-order valence-electron chi connectivity index (χ2n) is 7.60. The largest absolute Gasteiger partial charge is 0.381 e. The standard InChI is InChI=1S/C20H27N5O2/c1-14-12-24(20(26)17(21)11-15-5-3-2-4-6-15)13-18-22-23-19(25(14)18)16-7-9-27-10-8-16/h2-6,14,16-17H,7-13,21H2,1H3/t14-,17+/m0/s1. The lowest BCUT2D eigenvalue weighted by Crippen LogP contribution is -2.49. The first-order chi connectivity index (χ1) is 13.1. The van der Waals surface area contributed by atoms with Gasteiger partial charge < -0.3 is 19.9 Å². The lowest BCUT2D eigenvalue weighted by Gasteiger charge is -2.35. The fraction of sp³-hybridized carbons (Fsp3) is 0.550. The van der Waals surface area contributed by atoms with Crippen molar-refractivity contribution >= 4 is 5.91 Å². The molecule has 0 bridgehead atoms. The number of benzene rings is 1. The van der Waals surface area contributed by atoms with Gasteiger partial charge in [-0.05, 0) is 31.7 Å². The van der Waals surface area contributed by atoms with Gasteiger partial charge in [0.25, 0.3) is 0 Å². The fourth-order valence-corrected chi connectivity index (χ4v) is 4.15. The molecule has 7 nitrogen and oxygen atoms in total. The summed E-state index contributed by atoms with van der Waals surface area (Å²) < 4.78 is 7.69. The number of fused-ring (bicyclic) bond motifs is 1. The summed E-state index contributed by atoms with van der Waals surface area (Å²) in [5.41, 5.74) is 7.30. The molecule has 7 heteroatoms. The highest BCUT2D eigenvalue weighted by Gasteiger charge is 2.33. The first-order valence-electron chi connectivity index (χ1n) is 9.73. The summed E-state index contributed by atoms with van der Waals surface area (Å²) in [5.74, 6) is 2.27. The molecule has 27 heavy (non-hydrogen) atoms. The van der Waals surface area contributed by atoms with Crippen LogP contribution < -0.4 is 5.73 Å². The lowest BCUT2D eigenvalue weighted by molar-refractivity contribution is -0.134. The minimum atomic E-state index is -0.538. The topological polar surface area (TPSA) is 86.3 Å². The third-order valence-electron chi connectivity index (χ3n) is 5.56. The first kappa shape index (κ1) is 18.1. The average molecular weight is 369 g/mol. The smallest absolute Gasteiger partial charge is 0.240 e. The van der Waals surface area contributed by atoms with Crippen LogP contribution in [0.1, 0.15) is 48.9 Å². The van der Waals surface area contributed by atoms with Crippen LogP contribution in [0, 0.1) is 0 Å². The van der Waals surface area contributed by atoms with Gasteiger partial charge in [-0.3, -0.25) is 4.79 Å². The minimum Gasteiger partial charge on any atom is -0.381 e. The molecule has 0 aliphatic carbocycles. The van der Waals surface area contributed by atoms with Crippen molar-refractivity contribution in [2.24, 2.45) is 5.73 Å². The van der Waals surface area contributed by atoms with E-state index in [-0.39, 0.29) is 11.9 Å². The second-order valence-corrected chi connectivity index (χ2v) is 7.60. The Hall–Kier alpha value is -2.25. The van der Waals surface area contributed by atoms with Gasteiger partial charge in [-0.2, -0.15) is 0 Å². The van der Waals surface area contributed by atoms with Crippen LogP contribution in [0.5, 0.6) is 0 Å². The van der Waals surface area contributed by atoms with Crippen molar-refractivity contribution in [2.75, 3.05) is 19.8 Å². The van der Waals surface area contributed by atoms with E-state index < -0.39 is 6.04 Å². The molecule has 1 aromatic heterocycles. The predicted molar refractivity (Wildman–Crippen MR) is 101 cm³/mol. The van der Waals surface area contributed by atoms with Gasteiger partial charge in [-0.25, -0.2) is 0 Å². The Kier molecular flexibility index (Phi) is 5.22. The summed E-state index contributed by atoms with van der Waals surface area (Å²) in [6.07, 6.45) is 2.51. The number of ether oxygens (including phenoxy) is 1. The highest BCUT2D eigenvalue weighted by molar-refractivity contribution is 5.82. The van der Waals surface area contributed by atoms with E-state index in [0.29, 0.717) is 25.4 Å². The summed E-state index contributed by atoms with van der Waals surface area (Å²) in [6.45, 7) is 4.79. The molecule has 1 aromatic carbocycles. The summed E-state index contributed by atoms with van der Waals surface area (Å²) in [4.78, 5) is 14.7. The van der Waals surface area contributed by atoms with Crippen molar-refractivity contribution < 1.29 is 9.53 Å². The molecular weight excluding hydrogens is 342 g/mol. The van der Waals surface area contributed by atoms with Crippen molar-refractivity contribution in [3.63, 3.8) is 0 Å². The summed E-state index contributed by atoms with van der Waals surface area (Å²) in [5, 5.41) is 8.86. The zero-order valence-corrected chi connectivity index (χ0v) is 15.8. The van der Waals surface area contributed by atoms with E-state index in [1.807, 2.05) is 35.2 Å². The van der Waals surface area contributed by atoms with Crippen molar-refractivity contribution in [3.8, 4) is 0 Å². The molecule has 1 amide bonds. The summed E-state index contributed by atoms with van der Waals surface area (Å²) in [7, 11) is 0. The van der Waals surface area contributed by atoms with Crippen LogP contribution in [-0.4, -0.2) is 51.4 Å². The van der Waals surface area contributed by atoms with Crippen LogP contribution in [0.2, 0.25) is 0 Å². The van der Waals surface area contributed by atoms with Gasteiger partial charge >= 0.3 is 0 Å². The maximum Gasteiger partial charge on any atom is 0.240 e. The van der Waals surface area contributed by atoms with Crippen LogP contribution in [0.15, 0.2) is 30.3 Å². The van der Waals surface area contributed by atoms with Crippen molar-refractivity contribution in [3.05, 3.63) is 47.5 Å². The molecule has 2 aliphatic heterocycles. The fourth-order valence-electron chi connectivity index (χ4n) is 4.15. The number of hydrogen-bond donors (Lipinski definition) is 1. The van der Waals surface area contributed by atoms with Crippen LogP contribution in [0.4, 0.5) is 0 Å². The SMILES string of the molecule is C[C@H]1CN(C(=O)[C@H](N)Cc2ccccc2)Cc2nnc(C3CCOCC3)n21. The maximum absolute atomic E-state index is 12.9. The van der Waals surface area contributed by atoms with Crippen molar-refractivity contribution in [2.45, 2.75) is 50.7 Å².